The maximum absolute atomic E-state index is 12.8. The van der Waals surface area contributed by atoms with Crippen molar-refractivity contribution in [1.29, 1.82) is 0 Å². The van der Waals surface area contributed by atoms with Gasteiger partial charge in [-0.1, -0.05) is 48.5 Å². The zero-order valence-corrected chi connectivity index (χ0v) is 21.4. The number of benzene rings is 2. The van der Waals surface area contributed by atoms with E-state index >= 15 is 0 Å². The lowest BCUT2D eigenvalue weighted by atomic mass is 9.96. The molecule has 4 aromatic rings. The van der Waals surface area contributed by atoms with Crippen LogP contribution < -0.4 is 5.32 Å². The second kappa shape index (κ2) is 11.6. The molecule has 2 fully saturated rings. The molecule has 4 heterocycles. The van der Waals surface area contributed by atoms with Gasteiger partial charge in [-0.25, -0.2) is 15.0 Å². The van der Waals surface area contributed by atoms with Crippen LogP contribution in [-0.4, -0.2) is 77.3 Å². The Kier molecular flexibility index (Phi) is 7.57. The number of hydrogen-bond acceptors (Lipinski definition) is 9. The third-order valence-electron chi connectivity index (χ3n) is 6.90. The Hall–Kier alpha value is -3.74. The maximum Gasteiger partial charge on any atom is 0.256 e. The minimum atomic E-state index is -0.537. The third kappa shape index (κ3) is 5.27. The number of carbonyl (C=O) groups excluding carboxylic acids is 1. The molecule has 2 aromatic heterocycles. The molecule has 2 aliphatic rings. The van der Waals surface area contributed by atoms with E-state index in [-0.39, 0.29) is 18.1 Å². The first kappa shape index (κ1) is 25.5. The third-order valence-corrected chi connectivity index (χ3v) is 6.90. The van der Waals surface area contributed by atoms with Crippen molar-refractivity contribution in [3.05, 3.63) is 84.4 Å². The van der Waals surface area contributed by atoms with Crippen LogP contribution in [-0.2, 0) is 23.7 Å². The summed E-state index contributed by atoms with van der Waals surface area (Å²) in [6, 6.07) is 18.4. The van der Waals surface area contributed by atoms with E-state index in [1.807, 2.05) is 41.0 Å². The molecule has 2 saturated heterocycles. The van der Waals surface area contributed by atoms with Crippen molar-refractivity contribution in [2.75, 3.05) is 38.9 Å². The zero-order chi connectivity index (χ0) is 26.6. The van der Waals surface area contributed by atoms with Crippen LogP contribution in [0.15, 0.2) is 73.3 Å². The highest BCUT2D eigenvalue weighted by Crippen LogP contribution is 2.38. The number of fused-ring (bicyclic) bond motifs is 2. The average Bonchev–Trinajstić information content (AvgIpc) is 3.43. The quantitative estimate of drug-likeness (QED) is 0.342. The Morgan fingerprint density at radius 2 is 1.79 bits per heavy atom. The van der Waals surface area contributed by atoms with E-state index in [0.717, 1.165) is 5.56 Å². The molecule has 0 aliphatic carbocycles. The first-order chi connectivity index (χ1) is 19.2. The van der Waals surface area contributed by atoms with Gasteiger partial charge in [-0.05, 0) is 12.1 Å². The van der Waals surface area contributed by atoms with Gasteiger partial charge in [0.2, 0.25) is 0 Å². The van der Waals surface area contributed by atoms with Crippen molar-refractivity contribution in [3.8, 4) is 0 Å². The predicted octanol–water partition coefficient (Wildman–Crippen LogP) is 3.16. The fourth-order valence-electron chi connectivity index (χ4n) is 4.97. The first-order valence-corrected chi connectivity index (χ1v) is 12.8. The minimum Gasteiger partial charge on any atom is -0.382 e. The predicted molar refractivity (Wildman–Crippen MR) is 140 cm³/mol. The molecule has 11 nitrogen and oxygen atoms in total. The van der Waals surface area contributed by atoms with Crippen LogP contribution >= 0.6 is 0 Å². The second-order valence-corrected chi connectivity index (χ2v) is 9.31. The lowest BCUT2D eigenvalue weighted by Crippen LogP contribution is -2.57. The summed E-state index contributed by atoms with van der Waals surface area (Å²) in [6.45, 7) is 1.52. The Labute approximate surface area is 225 Å². The van der Waals surface area contributed by atoms with Gasteiger partial charge in [0.15, 0.2) is 23.3 Å². The maximum atomic E-state index is 12.8. The normalized spacial score (nSPS) is 24.8. The largest absolute Gasteiger partial charge is 0.382 e. The summed E-state index contributed by atoms with van der Waals surface area (Å²) in [5, 5.41) is 2.85. The van der Waals surface area contributed by atoms with Crippen LogP contribution in [0.2, 0.25) is 0 Å². The number of ether oxygens (including phenoxy) is 5. The molecule has 202 valence electrons. The fraction of sp³-hybridized carbons (Fsp3) is 0.357. The molecule has 0 saturated carbocycles. The molecule has 1 unspecified atom stereocenters. The summed E-state index contributed by atoms with van der Waals surface area (Å²) in [5.74, 6) is 0.0443. The highest BCUT2D eigenvalue weighted by Gasteiger charge is 2.47. The van der Waals surface area contributed by atoms with Gasteiger partial charge in [0.25, 0.3) is 5.91 Å². The number of imidazole rings is 1. The van der Waals surface area contributed by atoms with Crippen LogP contribution in [0.4, 0.5) is 5.82 Å². The van der Waals surface area contributed by atoms with Crippen LogP contribution in [0, 0.1) is 0 Å². The molecular formula is C28H29N5O6. The summed E-state index contributed by atoms with van der Waals surface area (Å²) < 4.78 is 32.2. The van der Waals surface area contributed by atoms with Gasteiger partial charge < -0.3 is 33.6 Å². The SMILES string of the molecule is COCCO[C@@H]1[C@@H]2OC(c3ccccc3)OC[C@H]2OC[C@H]1n1cnc2c(NC(=O)c3ccccc3)ncnc21. The number of hydrogen-bond donors (Lipinski definition) is 1. The minimum absolute atomic E-state index is 0.280. The Bertz CT molecular complexity index is 1400. The monoisotopic (exact) mass is 531 g/mol. The van der Waals surface area contributed by atoms with Crippen molar-refractivity contribution in [3.63, 3.8) is 0 Å². The van der Waals surface area contributed by atoms with E-state index in [9.17, 15) is 4.79 Å². The number of carbonyl (C=O) groups is 1. The van der Waals surface area contributed by atoms with Crippen molar-refractivity contribution in [1.82, 2.24) is 19.5 Å². The van der Waals surface area contributed by atoms with Crippen molar-refractivity contribution >= 4 is 22.9 Å². The number of aromatic nitrogens is 4. The number of rotatable bonds is 8. The second-order valence-electron chi connectivity index (χ2n) is 9.31. The van der Waals surface area contributed by atoms with E-state index in [2.05, 4.69) is 20.3 Å². The number of nitrogens with zero attached hydrogens (tertiary/aromatic N) is 4. The van der Waals surface area contributed by atoms with E-state index in [1.165, 1.54) is 6.33 Å². The summed E-state index contributed by atoms with van der Waals surface area (Å²) in [7, 11) is 1.63. The van der Waals surface area contributed by atoms with Crippen LogP contribution in [0.1, 0.15) is 28.3 Å². The standard InChI is InChI=1S/C28H29N5O6/c1-35-12-13-36-23-20(14-37-21-15-38-28(39-24(21)23)19-10-6-3-7-11-19)33-17-31-22-25(29-16-30-26(22)33)32-27(34)18-8-4-2-5-9-18/h2-11,16-17,20-21,23-24,28H,12-15H2,1H3,(H,29,30,32,34)/t20-,21-,23+,24-,28?/m1/s1. The highest BCUT2D eigenvalue weighted by molar-refractivity contribution is 6.06. The van der Waals surface area contributed by atoms with E-state index in [4.69, 9.17) is 23.7 Å². The van der Waals surface area contributed by atoms with Crippen LogP contribution in [0.5, 0.6) is 0 Å². The molecule has 1 N–H and O–H groups in total. The Balaban J connectivity index is 1.29. The van der Waals surface area contributed by atoms with Gasteiger partial charge in [0, 0.05) is 18.2 Å². The molecule has 11 heteroatoms. The fourth-order valence-corrected chi connectivity index (χ4v) is 4.97. The molecule has 39 heavy (non-hydrogen) atoms. The molecule has 0 radical (unpaired) electrons. The number of amides is 1. The van der Waals surface area contributed by atoms with Gasteiger partial charge in [0.1, 0.15) is 24.6 Å². The Morgan fingerprint density at radius 1 is 1.00 bits per heavy atom. The first-order valence-electron chi connectivity index (χ1n) is 12.8. The van der Waals surface area contributed by atoms with E-state index < -0.39 is 18.5 Å². The molecule has 6 rings (SSSR count). The van der Waals surface area contributed by atoms with Crippen LogP contribution in [0.25, 0.3) is 11.2 Å². The summed E-state index contributed by atoms with van der Waals surface area (Å²) in [4.78, 5) is 26.1. The zero-order valence-electron chi connectivity index (χ0n) is 21.4. The van der Waals surface area contributed by atoms with Gasteiger partial charge in [0.05, 0.1) is 38.8 Å². The topological polar surface area (TPSA) is 119 Å². The average molecular weight is 532 g/mol. The lowest BCUT2D eigenvalue weighted by molar-refractivity contribution is -0.312. The van der Waals surface area contributed by atoms with Gasteiger partial charge >= 0.3 is 0 Å². The number of methoxy groups -OCH3 is 1. The number of nitrogens with one attached hydrogen (secondary N) is 1. The van der Waals surface area contributed by atoms with Crippen molar-refractivity contribution < 1.29 is 28.5 Å². The van der Waals surface area contributed by atoms with E-state index in [1.54, 1.807) is 37.7 Å². The Morgan fingerprint density at radius 3 is 2.59 bits per heavy atom. The number of anilines is 1. The van der Waals surface area contributed by atoms with Gasteiger partial charge in [-0.3, -0.25) is 4.79 Å². The summed E-state index contributed by atoms with van der Waals surface area (Å²) in [6.07, 6.45) is 1.45. The molecule has 5 atom stereocenters. The molecule has 2 aromatic carbocycles. The molecule has 1 amide bonds. The highest BCUT2D eigenvalue weighted by atomic mass is 16.7. The van der Waals surface area contributed by atoms with Crippen molar-refractivity contribution in [2.24, 2.45) is 0 Å². The van der Waals surface area contributed by atoms with Gasteiger partial charge in [-0.15, -0.1) is 0 Å². The summed E-state index contributed by atoms with van der Waals surface area (Å²) in [5.41, 5.74) is 2.46. The van der Waals surface area contributed by atoms with Crippen molar-refractivity contribution in [2.45, 2.75) is 30.6 Å². The molecular weight excluding hydrogens is 502 g/mol. The van der Waals surface area contributed by atoms with Gasteiger partial charge in [-0.2, -0.15) is 0 Å². The molecule has 2 aliphatic heterocycles. The smallest absolute Gasteiger partial charge is 0.256 e. The van der Waals surface area contributed by atoms with Crippen LogP contribution in [0.3, 0.4) is 0 Å². The molecule has 0 spiro atoms. The molecule has 0 bridgehead atoms. The summed E-state index contributed by atoms with van der Waals surface area (Å²) >= 11 is 0. The van der Waals surface area contributed by atoms with E-state index in [0.29, 0.717) is 49.0 Å². The lowest BCUT2D eigenvalue weighted by Gasteiger charge is -2.46.